The number of furan rings is 1. The summed E-state index contributed by atoms with van der Waals surface area (Å²) >= 11 is 0. The van der Waals surface area contributed by atoms with Crippen LogP contribution in [0.15, 0.2) is 168 Å². The lowest BCUT2D eigenvalue weighted by molar-refractivity contribution is 0.647. The van der Waals surface area contributed by atoms with Gasteiger partial charge in [-0.05, 0) is 71.3 Å². The van der Waals surface area contributed by atoms with Gasteiger partial charge in [0.15, 0.2) is 5.82 Å². The maximum Gasteiger partial charge on any atom is 0.160 e. The smallest absolute Gasteiger partial charge is 0.160 e. The zero-order valence-electron chi connectivity index (χ0n) is 29.3. The lowest BCUT2D eigenvalue weighted by Gasteiger charge is -2.21. The summed E-state index contributed by atoms with van der Waals surface area (Å²) in [5, 5.41) is 4.78. The maximum atomic E-state index is 6.40. The van der Waals surface area contributed by atoms with Crippen molar-refractivity contribution in [2.24, 2.45) is 0 Å². The molecule has 11 rings (SSSR count). The lowest BCUT2D eigenvalue weighted by Crippen LogP contribution is -2.14. The van der Waals surface area contributed by atoms with Crippen molar-refractivity contribution in [2.45, 2.75) is 19.3 Å². The van der Waals surface area contributed by atoms with Gasteiger partial charge in [-0.3, -0.25) is 0 Å². The van der Waals surface area contributed by atoms with Crippen LogP contribution in [-0.2, 0) is 5.41 Å². The second-order valence-electron chi connectivity index (χ2n) is 14.6. The molecule has 53 heavy (non-hydrogen) atoms. The summed E-state index contributed by atoms with van der Waals surface area (Å²) in [5.74, 6) is 0.701. The molecule has 1 aliphatic carbocycles. The zero-order chi connectivity index (χ0) is 35.3. The second-order valence-corrected chi connectivity index (χ2v) is 14.6. The van der Waals surface area contributed by atoms with Crippen LogP contribution < -0.4 is 0 Å². The van der Waals surface area contributed by atoms with Gasteiger partial charge in [-0.1, -0.05) is 123 Å². The molecule has 0 saturated carbocycles. The van der Waals surface area contributed by atoms with Gasteiger partial charge in [-0.2, -0.15) is 0 Å². The van der Waals surface area contributed by atoms with Gasteiger partial charge in [0.1, 0.15) is 11.2 Å². The van der Waals surface area contributed by atoms with Gasteiger partial charge in [-0.25, -0.2) is 9.97 Å². The van der Waals surface area contributed by atoms with E-state index < -0.39 is 0 Å². The molecule has 0 radical (unpaired) electrons. The number of para-hydroxylation sites is 2. The summed E-state index contributed by atoms with van der Waals surface area (Å²) in [6, 6.07) is 58.0. The maximum absolute atomic E-state index is 6.40. The van der Waals surface area contributed by atoms with Crippen molar-refractivity contribution >= 4 is 43.7 Å². The highest BCUT2D eigenvalue weighted by atomic mass is 16.3. The van der Waals surface area contributed by atoms with Crippen LogP contribution in [0.2, 0.25) is 0 Å². The molecule has 0 fully saturated rings. The largest absolute Gasteiger partial charge is 0.456 e. The molecular formula is C49H33N3O. The Balaban J connectivity index is 1.12. The standard InChI is InChI=1S/C49H33N3O/c1-49(2)39-26-25-36-34-17-9-11-19-43(34)52(47(36)46(39)38-27-37-35-18-10-12-20-44(35)53-45(37)28-40(38)49)33-23-21-32(22-24-33)48-50-41(30-13-5-3-6-14-30)29-42(51-48)31-15-7-4-8-16-31/h3-29H,1-2H3. The molecule has 0 aliphatic heterocycles. The molecular weight excluding hydrogens is 647 g/mol. The van der Waals surface area contributed by atoms with Crippen LogP contribution >= 0.6 is 0 Å². The van der Waals surface area contributed by atoms with Crippen molar-refractivity contribution in [3.8, 4) is 50.7 Å². The van der Waals surface area contributed by atoms with E-state index in [1.807, 2.05) is 18.2 Å². The first kappa shape index (κ1) is 29.9. The molecule has 4 nitrogen and oxygen atoms in total. The van der Waals surface area contributed by atoms with Crippen LogP contribution in [0.5, 0.6) is 0 Å². The first-order valence-electron chi connectivity index (χ1n) is 18.2. The van der Waals surface area contributed by atoms with Crippen molar-refractivity contribution in [2.75, 3.05) is 0 Å². The summed E-state index contributed by atoms with van der Waals surface area (Å²) in [5.41, 5.74) is 15.2. The van der Waals surface area contributed by atoms with E-state index in [2.05, 4.69) is 164 Å². The molecule has 7 aromatic carbocycles. The van der Waals surface area contributed by atoms with E-state index in [0.29, 0.717) is 5.82 Å². The summed E-state index contributed by atoms with van der Waals surface area (Å²) in [6.45, 7) is 4.68. The van der Waals surface area contributed by atoms with Crippen LogP contribution in [0, 0.1) is 0 Å². The van der Waals surface area contributed by atoms with E-state index in [1.54, 1.807) is 0 Å². The Hall–Kier alpha value is -6.78. The first-order valence-corrected chi connectivity index (χ1v) is 18.2. The fourth-order valence-corrected chi connectivity index (χ4v) is 8.61. The molecule has 0 N–H and O–H groups in total. The SMILES string of the molecule is CC1(C)c2cc3oc4ccccc4c3cc2-c2c1ccc1c3ccccc3n(-c3ccc(-c4nc(-c5ccccc5)cc(-c5ccccc5)n4)cc3)c21. The van der Waals surface area contributed by atoms with Crippen LogP contribution in [0.4, 0.5) is 0 Å². The molecule has 0 saturated heterocycles. The molecule has 0 amide bonds. The summed E-state index contributed by atoms with van der Waals surface area (Å²) < 4.78 is 8.85. The molecule has 0 atom stereocenters. The molecule has 250 valence electrons. The summed E-state index contributed by atoms with van der Waals surface area (Å²) in [4.78, 5) is 10.2. The fourth-order valence-electron chi connectivity index (χ4n) is 8.61. The zero-order valence-corrected chi connectivity index (χ0v) is 29.3. The first-order chi connectivity index (χ1) is 26.0. The van der Waals surface area contributed by atoms with Crippen molar-refractivity contribution in [1.82, 2.24) is 14.5 Å². The quantitative estimate of drug-likeness (QED) is 0.186. The van der Waals surface area contributed by atoms with Crippen LogP contribution in [0.3, 0.4) is 0 Å². The minimum Gasteiger partial charge on any atom is -0.456 e. The minimum atomic E-state index is -0.200. The summed E-state index contributed by atoms with van der Waals surface area (Å²) in [6.07, 6.45) is 0. The average molecular weight is 680 g/mol. The van der Waals surface area contributed by atoms with E-state index >= 15 is 0 Å². The molecule has 1 aliphatic rings. The van der Waals surface area contributed by atoms with E-state index in [0.717, 1.165) is 55.7 Å². The van der Waals surface area contributed by atoms with Crippen LogP contribution in [0.25, 0.3) is 94.5 Å². The molecule has 3 aromatic heterocycles. The Kier molecular flexibility index (Phi) is 6.27. The van der Waals surface area contributed by atoms with E-state index in [1.165, 1.54) is 44.1 Å². The number of nitrogens with zero attached hydrogens (tertiary/aromatic N) is 3. The third-order valence-electron chi connectivity index (χ3n) is 11.2. The van der Waals surface area contributed by atoms with Crippen molar-refractivity contribution < 1.29 is 4.42 Å². The van der Waals surface area contributed by atoms with Crippen molar-refractivity contribution in [3.05, 3.63) is 175 Å². The topological polar surface area (TPSA) is 43.9 Å². The highest BCUT2D eigenvalue weighted by molar-refractivity contribution is 6.17. The second kappa shape index (κ2) is 11.1. The molecule has 0 bridgehead atoms. The number of benzene rings is 7. The molecule has 10 aromatic rings. The normalized spacial score (nSPS) is 13.2. The summed E-state index contributed by atoms with van der Waals surface area (Å²) in [7, 11) is 0. The number of aromatic nitrogens is 3. The van der Waals surface area contributed by atoms with Gasteiger partial charge in [-0.15, -0.1) is 0 Å². The van der Waals surface area contributed by atoms with Crippen molar-refractivity contribution in [3.63, 3.8) is 0 Å². The molecule has 3 heterocycles. The van der Waals surface area contributed by atoms with Gasteiger partial charge in [0, 0.05) is 54.9 Å². The lowest BCUT2D eigenvalue weighted by atomic mass is 9.82. The highest BCUT2D eigenvalue weighted by Gasteiger charge is 2.38. The van der Waals surface area contributed by atoms with Gasteiger partial charge >= 0.3 is 0 Å². The minimum absolute atomic E-state index is 0.200. The number of hydrogen-bond donors (Lipinski definition) is 0. The Morgan fingerprint density at radius 1 is 0.491 bits per heavy atom. The van der Waals surface area contributed by atoms with Gasteiger partial charge in [0.2, 0.25) is 0 Å². The number of rotatable bonds is 4. The van der Waals surface area contributed by atoms with E-state index in [4.69, 9.17) is 14.4 Å². The van der Waals surface area contributed by atoms with Gasteiger partial charge in [0.25, 0.3) is 0 Å². The van der Waals surface area contributed by atoms with Crippen LogP contribution in [0.1, 0.15) is 25.0 Å². The third kappa shape index (κ3) is 4.42. The molecule has 0 unspecified atom stereocenters. The van der Waals surface area contributed by atoms with E-state index in [-0.39, 0.29) is 5.41 Å². The Morgan fingerprint density at radius 2 is 1.13 bits per heavy atom. The van der Waals surface area contributed by atoms with Crippen LogP contribution in [-0.4, -0.2) is 14.5 Å². The van der Waals surface area contributed by atoms with Crippen molar-refractivity contribution in [1.29, 1.82) is 0 Å². The van der Waals surface area contributed by atoms with E-state index in [9.17, 15) is 0 Å². The number of hydrogen-bond acceptors (Lipinski definition) is 3. The predicted molar refractivity (Wildman–Crippen MR) is 218 cm³/mol. The average Bonchev–Trinajstić information content (AvgIpc) is 3.83. The predicted octanol–water partition coefficient (Wildman–Crippen LogP) is 12.8. The number of fused-ring (bicyclic) bond motifs is 10. The Bertz CT molecular complexity index is 3000. The third-order valence-corrected chi connectivity index (χ3v) is 11.2. The molecule has 4 heteroatoms. The van der Waals surface area contributed by atoms with Gasteiger partial charge < -0.3 is 8.98 Å². The Labute approximate surface area is 306 Å². The van der Waals surface area contributed by atoms with Gasteiger partial charge in [0.05, 0.1) is 22.4 Å². The fraction of sp³-hybridized carbons (Fsp3) is 0.0612. The monoisotopic (exact) mass is 679 g/mol. The molecule has 0 spiro atoms. The Morgan fingerprint density at radius 3 is 1.85 bits per heavy atom. The highest BCUT2D eigenvalue weighted by Crippen LogP contribution is 2.54.